The molecule has 0 saturated carbocycles. The Morgan fingerprint density at radius 1 is 1.44 bits per heavy atom. The van der Waals surface area contributed by atoms with E-state index in [2.05, 4.69) is 10.2 Å². The number of hydrogen-bond donors (Lipinski definition) is 2. The summed E-state index contributed by atoms with van der Waals surface area (Å²) in [7, 11) is 0. The molecule has 3 N–H and O–H groups in total. The average molecular weight is 219 g/mol. The van der Waals surface area contributed by atoms with E-state index in [1.165, 1.54) is 0 Å². The molecule has 0 fully saturated rings. The summed E-state index contributed by atoms with van der Waals surface area (Å²) in [6.07, 6.45) is 0. The highest BCUT2D eigenvalue weighted by molar-refractivity contribution is 6.06. The van der Waals surface area contributed by atoms with E-state index in [1.807, 2.05) is 32.9 Å². The van der Waals surface area contributed by atoms with Gasteiger partial charge in [-0.25, -0.2) is 0 Å². The summed E-state index contributed by atoms with van der Waals surface area (Å²) in [5, 5.41) is 2.91. The van der Waals surface area contributed by atoms with E-state index in [-0.39, 0.29) is 5.91 Å². The Labute approximate surface area is 95.4 Å². The van der Waals surface area contributed by atoms with Crippen LogP contribution in [0, 0.1) is 0 Å². The molecule has 1 aliphatic rings. The van der Waals surface area contributed by atoms with Crippen LogP contribution in [0.15, 0.2) is 18.2 Å². The van der Waals surface area contributed by atoms with Crippen LogP contribution in [0.25, 0.3) is 0 Å². The molecule has 0 spiro atoms. The van der Waals surface area contributed by atoms with E-state index in [0.29, 0.717) is 5.69 Å². The van der Waals surface area contributed by atoms with Gasteiger partial charge in [-0.2, -0.15) is 0 Å². The normalized spacial score (nSPS) is 17.9. The average Bonchev–Trinajstić information content (AvgIpc) is 2.21. The van der Waals surface area contributed by atoms with Gasteiger partial charge in [0.2, 0.25) is 5.91 Å². The van der Waals surface area contributed by atoms with Crippen molar-refractivity contribution in [1.29, 1.82) is 0 Å². The van der Waals surface area contributed by atoms with Crippen molar-refractivity contribution in [3.8, 4) is 0 Å². The van der Waals surface area contributed by atoms with Crippen molar-refractivity contribution in [2.45, 2.75) is 26.3 Å². The van der Waals surface area contributed by atoms with Gasteiger partial charge in [0, 0.05) is 12.2 Å². The number of nitrogen functional groups attached to an aromatic ring is 1. The molecule has 0 radical (unpaired) electrons. The van der Waals surface area contributed by atoms with Gasteiger partial charge in [0.15, 0.2) is 0 Å². The van der Waals surface area contributed by atoms with Crippen molar-refractivity contribution < 1.29 is 4.79 Å². The zero-order chi connectivity index (χ0) is 11.9. The summed E-state index contributed by atoms with van der Waals surface area (Å²) >= 11 is 0. The second-order valence-corrected chi connectivity index (χ2v) is 4.53. The van der Waals surface area contributed by atoms with E-state index >= 15 is 0 Å². The first kappa shape index (κ1) is 10.8. The first-order valence-corrected chi connectivity index (χ1v) is 5.45. The van der Waals surface area contributed by atoms with Crippen LogP contribution in [0.3, 0.4) is 0 Å². The maximum Gasteiger partial charge on any atom is 0.249 e. The van der Waals surface area contributed by atoms with Crippen molar-refractivity contribution in [2.75, 3.05) is 22.5 Å². The number of fused-ring (bicyclic) bond motifs is 1. The molecule has 4 heteroatoms. The van der Waals surface area contributed by atoms with Gasteiger partial charge < -0.3 is 16.0 Å². The Kier molecular flexibility index (Phi) is 2.30. The molecule has 0 aliphatic carbocycles. The lowest BCUT2D eigenvalue weighted by molar-refractivity contribution is -0.120. The molecular formula is C12H17N3O. The lowest BCUT2D eigenvalue weighted by Crippen LogP contribution is -2.56. The van der Waals surface area contributed by atoms with E-state index in [1.54, 1.807) is 6.07 Å². The second kappa shape index (κ2) is 3.40. The monoisotopic (exact) mass is 219 g/mol. The molecular weight excluding hydrogens is 202 g/mol. The Morgan fingerprint density at radius 3 is 2.75 bits per heavy atom. The number of rotatable bonds is 1. The zero-order valence-corrected chi connectivity index (χ0v) is 9.87. The van der Waals surface area contributed by atoms with Crippen molar-refractivity contribution >= 4 is 23.0 Å². The van der Waals surface area contributed by atoms with E-state index in [0.717, 1.165) is 17.9 Å². The van der Waals surface area contributed by atoms with Gasteiger partial charge in [-0.1, -0.05) is 0 Å². The number of benzene rings is 1. The summed E-state index contributed by atoms with van der Waals surface area (Å²) in [6, 6.07) is 5.55. The lowest BCUT2D eigenvalue weighted by Gasteiger charge is -2.43. The topological polar surface area (TPSA) is 58.4 Å². The molecule has 4 nitrogen and oxygen atoms in total. The maximum absolute atomic E-state index is 11.9. The SMILES string of the molecule is CCN1c2cc(N)ccc2NC(=O)C1(C)C. The van der Waals surface area contributed by atoms with Crippen LogP contribution in [0.4, 0.5) is 17.1 Å². The molecule has 1 amide bonds. The van der Waals surface area contributed by atoms with Crippen LogP contribution in [-0.4, -0.2) is 18.0 Å². The largest absolute Gasteiger partial charge is 0.399 e. The van der Waals surface area contributed by atoms with Gasteiger partial charge in [-0.05, 0) is 39.0 Å². The fraction of sp³-hybridized carbons (Fsp3) is 0.417. The minimum atomic E-state index is -0.532. The molecule has 0 unspecified atom stereocenters. The van der Waals surface area contributed by atoms with Crippen molar-refractivity contribution in [1.82, 2.24) is 0 Å². The van der Waals surface area contributed by atoms with E-state index < -0.39 is 5.54 Å². The third-order valence-electron chi connectivity index (χ3n) is 3.11. The number of carbonyl (C=O) groups is 1. The number of nitrogens with one attached hydrogen (secondary N) is 1. The fourth-order valence-electron chi connectivity index (χ4n) is 2.14. The predicted octanol–water partition coefficient (Wildman–Crippen LogP) is 1.83. The number of amides is 1. The van der Waals surface area contributed by atoms with Gasteiger partial charge in [-0.3, -0.25) is 4.79 Å². The second-order valence-electron chi connectivity index (χ2n) is 4.53. The highest BCUT2D eigenvalue weighted by Crippen LogP contribution is 2.37. The van der Waals surface area contributed by atoms with E-state index in [9.17, 15) is 4.79 Å². The first-order valence-electron chi connectivity index (χ1n) is 5.45. The summed E-state index contributed by atoms with van der Waals surface area (Å²) in [5.41, 5.74) is 7.79. The number of hydrogen-bond acceptors (Lipinski definition) is 3. The Bertz CT molecular complexity index is 440. The molecule has 0 bridgehead atoms. The van der Waals surface area contributed by atoms with Crippen LogP contribution >= 0.6 is 0 Å². The quantitative estimate of drug-likeness (QED) is 0.708. The van der Waals surface area contributed by atoms with Crippen LogP contribution in [0.2, 0.25) is 0 Å². The minimum absolute atomic E-state index is 0.0200. The zero-order valence-electron chi connectivity index (χ0n) is 9.87. The van der Waals surface area contributed by atoms with Crippen LogP contribution in [-0.2, 0) is 4.79 Å². The first-order chi connectivity index (χ1) is 7.46. The summed E-state index contributed by atoms with van der Waals surface area (Å²) in [5.74, 6) is 0.0200. The van der Waals surface area contributed by atoms with Crippen molar-refractivity contribution in [3.63, 3.8) is 0 Å². The molecule has 0 saturated heterocycles. The van der Waals surface area contributed by atoms with E-state index in [4.69, 9.17) is 5.73 Å². The molecule has 86 valence electrons. The maximum atomic E-state index is 11.9. The predicted molar refractivity (Wildman–Crippen MR) is 66.6 cm³/mol. The molecule has 0 aromatic heterocycles. The number of nitrogens with zero attached hydrogens (tertiary/aromatic N) is 1. The highest BCUT2D eigenvalue weighted by Gasteiger charge is 2.39. The minimum Gasteiger partial charge on any atom is -0.399 e. The number of nitrogens with two attached hydrogens (primary N) is 1. The smallest absolute Gasteiger partial charge is 0.249 e. The Balaban J connectivity index is 2.58. The van der Waals surface area contributed by atoms with Crippen molar-refractivity contribution in [3.05, 3.63) is 18.2 Å². The third-order valence-corrected chi connectivity index (χ3v) is 3.11. The number of likely N-dealkylation sites (N-methyl/N-ethyl adjacent to an activating group) is 1. The Morgan fingerprint density at radius 2 is 2.12 bits per heavy atom. The van der Waals surface area contributed by atoms with Gasteiger partial charge in [0.25, 0.3) is 0 Å². The number of carbonyl (C=O) groups excluding carboxylic acids is 1. The number of anilines is 3. The molecule has 2 rings (SSSR count). The molecule has 1 aliphatic heterocycles. The van der Waals surface area contributed by atoms with Gasteiger partial charge in [0.05, 0.1) is 11.4 Å². The summed E-state index contributed by atoms with van der Waals surface area (Å²) in [6.45, 7) is 6.64. The van der Waals surface area contributed by atoms with Crippen LogP contribution in [0.5, 0.6) is 0 Å². The summed E-state index contributed by atoms with van der Waals surface area (Å²) < 4.78 is 0. The molecule has 16 heavy (non-hydrogen) atoms. The van der Waals surface area contributed by atoms with Crippen molar-refractivity contribution in [2.24, 2.45) is 0 Å². The summed E-state index contributed by atoms with van der Waals surface area (Å²) in [4.78, 5) is 14.0. The Hall–Kier alpha value is -1.71. The lowest BCUT2D eigenvalue weighted by atomic mass is 9.96. The molecule has 1 aromatic carbocycles. The molecule has 1 aromatic rings. The van der Waals surface area contributed by atoms with Gasteiger partial charge in [0.1, 0.15) is 5.54 Å². The van der Waals surface area contributed by atoms with Crippen LogP contribution in [0.1, 0.15) is 20.8 Å². The van der Waals surface area contributed by atoms with Crippen LogP contribution < -0.4 is 16.0 Å². The van der Waals surface area contributed by atoms with Gasteiger partial charge in [-0.15, -0.1) is 0 Å². The standard InChI is InChI=1S/C12H17N3O/c1-4-15-10-7-8(13)5-6-9(10)14-11(16)12(15,2)3/h5-7H,4,13H2,1-3H3,(H,14,16). The fourth-order valence-corrected chi connectivity index (χ4v) is 2.14. The molecule has 1 heterocycles. The van der Waals surface area contributed by atoms with Gasteiger partial charge >= 0.3 is 0 Å². The highest BCUT2D eigenvalue weighted by atomic mass is 16.2. The molecule has 0 atom stereocenters. The third kappa shape index (κ3) is 1.41.